The minimum Gasteiger partial charge on any atom is -0.208 e. The van der Waals surface area contributed by atoms with Crippen LogP contribution in [0.4, 0.5) is 0 Å². The van der Waals surface area contributed by atoms with Gasteiger partial charge in [0.25, 0.3) is 0 Å². The highest BCUT2D eigenvalue weighted by Gasteiger charge is 2.18. The van der Waals surface area contributed by atoms with Crippen molar-refractivity contribution < 1.29 is 8.42 Å². The Balaban J connectivity index is 2.85. The van der Waals surface area contributed by atoms with Crippen LogP contribution in [-0.2, 0) is 16.4 Å². The van der Waals surface area contributed by atoms with Gasteiger partial charge in [-0.05, 0) is 37.0 Å². The highest BCUT2D eigenvalue weighted by atomic mass is 35.5. The van der Waals surface area contributed by atoms with Gasteiger partial charge in [-0.25, -0.2) is 13.1 Å². The van der Waals surface area contributed by atoms with Crippen LogP contribution >= 0.6 is 11.6 Å². The summed E-state index contributed by atoms with van der Waals surface area (Å²) in [5, 5.41) is 0. The summed E-state index contributed by atoms with van der Waals surface area (Å²) >= 11 is 5.64. The molecule has 5 heteroatoms. The normalized spacial score (nSPS) is 13.8. The summed E-state index contributed by atoms with van der Waals surface area (Å²) in [5.41, 5.74) is 1.04. The van der Waals surface area contributed by atoms with Gasteiger partial charge in [-0.1, -0.05) is 26.0 Å². The molecule has 1 atom stereocenters. The van der Waals surface area contributed by atoms with E-state index in [9.17, 15) is 8.42 Å². The number of hydrogen-bond donors (Lipinski definition) is 1. The maximum Gasteiger partial charge on any atom is 0.240 e. The Labute approximate surface area is 115 Å². The van der Waals surface area contributed by atoms with E-state index in [-0.39, 0.29) is 12.0 Å². The van der Waals surface area contributed by atoms with E-state index in [0.717, 1.165) is 12.0 Å². The summed E-state index contributed by atoms with van der Waals surface area (Å²) in [7, 11) is -3.42. The fourth-order valence-corrected chi connectivity index (χ4v) is 3.00. The molecule has 102 valence electrons. The molecule has 1 aromatic rings. The molecule has 1 rings (SSSR count). The topological polar surface area (TPSA) is 46.2 Å². The highest BCUT2D eigenvalue weighted by molar-refractivity contribution is 7.89. The molecule has 0 fully saturated rings. The fraction of sp³-hybridized carbons (Fsp3) is 0.538. The van der Waals surface area contributed by atoms with Gasteiger partial charge in [0.1, 0.15) is 0 Å². The van der Waals surface area contributed by atoms with E-state index >= 15 is 0 Å². The molecule has 0 saturated heterocycles. The van der Waals surface area contributed by atoms with E-state index in [2.05, 4.69) is 4.72 Å². The summed E-state index contributed by atoms with van der Waals surface area (Å²) in [6.07, 6.45) is 0.748. The van der Waals surface area contributed by atoms with E-state index in [1.807, 2.05) is 20.8 Å². The van der Waals surface area contributed by atoms with Crippen molar-refractivity contribution in [1.29, 1.82) is 0 Å². The monoisotopic (exact) mass is 289 g/mol. The molecule has 0 aliphatic carbocycles. The maximum atomic E-state index is 12.1. The smallest absolute Gasteiger partial charge is 0.208 e. The number of rotatable bonds is 6. The predicted octanol–water partition coefficient (Wildman–Crippen LogP) is 2.79. The van der Waals surface area contributed by atoms with Crippen molar-refractivity contribution in [3.63, 3.8) is 0 Å². The summed E-state index contributed by atoms with van der Waals surface area (Å²) in [6.45, 7) is 5.83. The Kier molecular flexibility index (Phi) is 5.63. The van der Waals surface area contributed by atoms with Crippen LogP contribution in [0.5, 0.6) is 0 Å². The fourth-order valence-electron chi connectivity index (χ4n) is 1.39. The maximum absolute atomic E-state index is 12.1. The summed E-state index contributed by atoms with van der Waals surface area (Å²) < 4.78 is 26.8. The first-order valence-corrected chi connectivity index (χ1v) is 8.06. The van der Waals surface area contributed by atoms with Gasteiger partial charge in [-0.2, -0.15) is 0 Å². The number of aryl methyl sites for hydroxylation is 1. The molecule has 0 saturated carbocycles. The van der Waals surface area contributed by atoms with Gasteiger partial charge in [0.2, 0.25) is 10.0 Å². The van der Waals surface area contributed by atoms with Gasteiger partial charge in [0.15, 0.2) is 0 Å². The molecule has 1 N–H and O–H groups in total. The van der Waals surface area contributed by atoms with E-state index in [4.69, 9.17) is 11.6 Å². The second-order valence-corrected chi connectivity index (χ2v) is 6.83. The largest absolute Gasteiger partial charge is 0.240 e. The molecule has 0 aromatic heterocycles. The molecule has 0 spiro atoms. The van der Waals surface area contributed by atoms with Gasteiger partial charge in [-0.15, -0.1) is 11.6 Å². The van der Waals surface area contributed by atoms with E-state index in [1.165, 1.54) is 0 Å². The molecule has 3 nitrogen and oxygen atoms in total. The molecule has 1 unspecified atom stereocenters. The summed E-state index contributed by atoms with van der Waals surface area (Å²) in [4.78, 5) is 0.299. The first kappa shape index (κ1) is 15.5. The third-order valence-corrected chi connectivity index (χ3v) is 4.72. The van der Waals surface area contributed by atoms with Crippen molar-refractivity contribution >= 4 is 21.6 Å². The lowest BCUT2D eigenvalue weighted by atomic mass is 10.1. The molecule has 0 amide bonds. The minimum absolute atomic E-state index is 0.0856. The Morgan fingerprint density at radius 2 is 1.72 bits per heavy atom. The molecule has 0 bridgehead atoms. The zero-order valence-electron chi connectivity index (χ0n) is 11.0. The lowest BCUT2D eigenvalue weighted by molar-refractivity contribution is 0.476. The van der Waals surface area contributed by atoms with Crippen LogP contribution < -0.4 is 4.72 Å². The highest BCUT2D eigenvalue weighted by Crippen LogP contribution is 2.13. The van der Waals surface area contributed by atoms with Gasteiger partial charge in [0.05, 0.1) is 4.90 Å². The van der Waals surface area contributed by atoms with Crippen molar-refractivity contribution in [2.75, 3.05) is 5.88 Å². The Morgan fingerprint density at radius 1 is 1.17 bits per heavy atom. The molecule has 18 heavy (non-hydrogen) atoms. The van der Waals surface area contributed by atoms with Crippen molar-refractivity contribution in [3.05, 3.63) is 29.8 Å². The number of alkyl halides is 1. The van der Waals surface area contributed by atoms with Crippen LogP contribution in [0.15, 0.2) is 29.2 Å². The van der Waals surface area contributed by atoms with Crippen LogP contribution in [0, 0.1) is 5.92 Å². The SMILES string of the molecule is CC(C)C(C)NS(=O)(=O)c1ccc(CCCl)cc1. The van der Waals surface area contributed by atoms with E-state index in [0.29, 0.717) is 10.8 Å². The zero-order chi connectivity index (χ0) is 13.8. The average molecular weight is 290 g/mol. The number of hydrogen-bond acceptors (Lipinski definition) is 2. The Bertz CT molecular complexity index is 468. The van der Waals surface area contributed by atoms with Gasteiger partial charge in [-0.3, -0.25) is 0 Å². The summed E-state index contributed by atoms with van der Waals surface area (Å²) in [6, 6.07) is 6.76. The van der Waals surface area contributed by atoms with Crippen LogP contribution in [-0.4, -0.2) is 20.3 Å². The van der Waals surface area contributed by atoms with Gasteiger partial charge >= 0.3 is 0 Å². The van der Waals surface area contributed by atoms with Crippen molar-refractivity contribution in [3.8, 4) is 0 Å². The van der Waals surface area contributed by atoms with Gasteiger partial charge in [0, 0.05) is 11.9 Å². The summed E-state index contributed by atoms with van der Waals surface area (Å²) in [5.74, 6) is 0.796. The van der Waals surface area contributed by atoms with Crippen LogP contribution in [0.25, 0.3) is 0 Å². The van der Waals surface area contributed by atoms with Crippen molar-refractivity contribution in [2.45, 2.75) is 38.1 Å². The minimum atomic E-state index is -3.42. The lowest BCUT2D eigenvalue weighted by Gasteiger charge is -2.17. The average Bonchev–Trinajstić information content (AvgIpc) is 2.29. The molecule has 0 radical (unpaired) electrons. The second-order valence-electron chi connectivity index (χ2n) is 4.74. The molecule has 0 heterocycles. The molecule has 0 aliphatic heterocycles. The van der Waals surface area contributed by atoms with Crippen LogP contribution in [0.2, 0.25) is 0 Å². The van der Waals surface area contributed by atoms with E-state index in [1.54, 1.807) is 24.3 Å². The number of sulfonamides is 1. The van der Waals surface area contributed by atoms with Crippen molar-refractivity contribution in [1.82, 2.24) is 4.72 Å². The van der Waals surface area contributed by atoms with E-state index < -0.39 is 10.0 Å². The third kappa shape index (κ3) is 4.26. The third-order valence-electron chi connectivity index (χ3n) is 2.96. The standard InChI is InChI=1S/C13H20ClNO2S/c1-10(2)11(3)15-18(16,17)13-6-4-12(5-7-13)8-9-14/h4-7,10-11,15H,8-9H2,1-3H3. The first-order chi connectivity index (χ1) is 8.36. The number of nitrogens with one attached hydrogen (secondary N) is 1. The first-order valence-electron chi connectivity index (χ1n) is 6.04. The number of halogens is 1. The Hall–Kier alpha value is -0.580. The number of benzene rings is 1. The molecule has 0 aliphatic rings. The molecular formula is C13H20ClNO2S. The quantitative estimate of drug-likeness (QED) is 0.819. The second kappa shape index (κ2) is 6.55. The molecular weight excluding hydrogens is 270 g/mol. The van der Waals surface area contributed by atoms with Crippen LogP contribution in [0.1, 0.15) is 26.3 Å². The zero-order valence-corrected chi connectivity index (χ0v) is 12.6. The van der Waals surface area contributed by atoms with Gasteiger partial charge < -0.3 is 0 Å². The van der Waals surface area contributed by atoms with Crippen LogP contribution in [0.3, 0.4) is 0 Å². The van der Waals surface area contributed by atoms with Crippen molar-refractivity contribution in [2.24, 2.45) is 5.92 Å². The molecule has 1 aromatic carbocycles. The predicted molar refractivity (Wildman–Crippen MR) is 75.5 cm³/mol. The Morgan fingerprint density at radius 3 is 2.17 bits per heavy atom. The lowest BCUT2D eigenvalue weighted by Crippen LogP contribution is -2.36.